The molecule has 0 aliphatic rings. The molecule has 0 fully saturated rings. The number of amides is 1. The van der Waals surface area contributed by atoms with Crippen LogP contribution < -0.4 is 11.1 Å². The standard InChI is InChI=1S/C11H17N3O2S/c1-11(2,3)16-10(15)14-6-7-4-5-8(17-7)9(12)13/h4-5H,6H2,1-3H3,(H3,12,13)(H,14,15). The monoisotopic (exact) mass is 255 g/mol. The van der Waals surface area contributed by atoms with Crippen molar-refractivity contribution >= 4 is 23.3 Å². The molecule has 0 aliphatic carbocycles. The number of alkyl carbamates (subject to hydrolysis) is 1. The van der Waals surface area contributed by atoms with Crippen molar-refractivity contribution in [3.8, 4) is 0 Å². The van der Waals surface area contributed by atoms with E-state index in [9.17, 15) is 4.79 Å². The van der Waals surface area contributed by atoms with Crippen LogP contribution in [0.5, 0.6) is 0 Å². The molecule has 0 bridgehead atoms. The van der Waals surface area contributed by atoms with Crippen LogP contribution in [0.4, 0.5) is 4.79 Å². The number of nitrogens with two attached hydrogens (primary N) is 1. The molecule has 17 heavy (non-hydrogen) atoms. The summed E-state index contributed by atoms with van der Waals surface area (Å²) in [7, 11) is 0. The van der Waals surface area contributed by atoms with Gasteiger partial charge in [0.1, 0.15) is 11.4 Å². The molecule has 0 aromatic carbocycles. The van der Waals surface area contributed by atoms with Crippen LogP contribution in [0.1, 0.15) is 30.5 Å². The highest BCUT2D eigenvalue weighted by molar-refractivity contribution is 7.14. The fraction of sp³-hybridized carbons (Fsp3) is 0.455. The van der Waals surface area contributed by atoms with Crippen LogP contribution in [0, 0.1) is 5.41 Å². The van der Waals surface area contributed by atoms with Gasteiger partial charge in [0, 0.05) is 4.88 Å². The number of nitrogens with one attached hydrogen (secondary N) is 2. The van der Waals surface area contributed by atoms with Crippen molar-refractivity contribution < 1.29 is 9.53 Å². The number of carbonyl (C=O) groups excluding carboxylic acids is 1. The highest BCUT2D eigenvalue weighted by Gasteiger charge is 2.15. The Morgan fingerprint density at radius 3 is 2.65 bits per heavy atom. The Labute approximate surface area is 104 Å². The molecule has 0 saturated carbocycles. The molecule has 0 radical (unpaired) electrons. The molecule has 94 valence electrons. The number of hydrogen-bond donors (Lipinski definition) is 3. The fourth-order valence-electron chi connectivity index (χ4n) is 1.09. The lowest BCUT2D eigenvalue weighted by Gasteiger charge is -2.19. The van der Waals surface area contributed by atoms with Gasteiger partial charge in [-0.3, -0.25) is 5.41 Å². The van der Waals surface area contributed by atoms with Gasteiger partial charge in [-0.2, -0.15) is 0 Å². The van der Waals surface area contributed by atoms with Crippen molar-refractivity contribution in [1.29, 1.82) is 5.41 Å². The molecule has 1 heterocycles. The Hall–Kier alpha value is -1.56. The first-order valence-electron chi connectivity index (χ1n) is 5.18. The number of carbonyl (C=O) groups is 1. The van der Waals surface area contributed by atoms with E-state index in [2.05, 4.69) is 5.32 Å². The van der Waals surface area contributed by atoms with Crippen molar-refractivity contribution in [2.45, 2.75) is 32.9 Å². The summed E-state index contributed by atoms with van der Waals surface area (Å²) in [6.07, 6.45) is -0.449. The second-order valence-electron chi connectivity index (χ2n) is 4.54. The lowest BCUT2D eigenvalue weighted by atomic mass is 10.2. The zero-order chi connectivity index (χ0) is 13.1. The Morgan fingerprint density at radius 2 is 2.18 bits per heavy atom. The Kier molecular flexibility index (Phi) is 4.11. The van der Waals surface area contributed by atoms with Crippen LogP contribution in [-0.4, -0.2) is 17.5 Å². The quantitative estimate of drug-likeness (QED) is 0.570. The number of amidine groups is 1. The van der Waals surface area contributed by atoms with E-state index in [1.165, 1.54) is 11.3 Å². The predicted molar refractivity (Wildman–Crippen MR) is 68.4 cm³/mol. The summed E-state index contributed by atoms with van der Waals surface area (Å²) in [4.78, 5) is 13.0. The summed E-state index contributed by atoms with van der Waals surface area (Å²) in [6.45, 7) is 5.82. The van der Waals surface area contributed by atoms with E-state index in [1.54, 1.807) is 6.07 Å². The van der Waals surface area contributed by atoms with Gasteiger partial charge in [-0.15, -0.1) is 11.3 Å². The molecule has 0 aliphatic heterocycles. The number of rotatable bonds is 3. The van der Waals surface area contributed by atoms with Gasteiger partial charge in [-0.1, -0.05) is 0 Å². The summed E-state index contributed by atoms with van der Waals surface area (Å²) >= 11 is 1.38. The average Bonchev–Trinajstić information content (AvgIpc) is 2.60. The van der Waals surface area contributed by atoms with Crippen molar-refractivity contribution in [2.75, 3.05) is 0 Å². The number of ether oxygens (including phenoxy) is 1. The molecule has 1 rings (SSSR count). The Morgan fingerprint density at radius 1 is 1.53 bits per heavy atom. The van der Waals surface area contributed by atoms with Gasteiger partial charge in [0.05, 0.1) is 11.4 Å². The van der Waals surface area contributed by atoms with Gasteiger partial charge in [0.2, 0.25) is 0 Å². The second kappa shape index (κ2) is 5.18. The predicted octanol–water partition coefficient (Wildman–Crippen LogP) is 2.06. The minimum Gasteiger partial charge on any atom is -0.444 e. The van der Waals surface area contributed by atoms with E-state index in [-0.39, 0.29) is 5.84 Å². The van der Waals surface area contributed by atoms with E-state index in [0.29, 0.717) is 11.4 Å². The Balaban J connectivity index is 2.45. The third kappa shape index (κ3) is 4.86. The maximum Gasteiger partial charge on any atom is 0.407 e. The van der Waals surface area contributed by atoms with Gasteiger partial charge in [-0.25, -0.2) is 4.79 Å². The lowest BCUT2D eigenvalue weighted by molar-refractivity contribution is 0.0524. The third-order valence-corrected chi connectivity index (χ3v) is 2.85. The van der Waals surface area contributed by atoms with Crippen molar-refractivity contribution in [3.05, 3.63) is 21.9 Å². The van der Waals surface area contributed by atoms with Gasteiger partial charge in [-0.05, 0) is 32.9 Å². The minimum absolute atomic E-state index is 0.0403. The third-order valence-electron chi connectivity index (χ3n) is 1.73. The van der Waals surface area contributed by atoms with Crippen LogP contribution in [0.3, 0.4) is 0 Å². The Bertz CT molecular complexity index is 421. The number of hydrogen-bond acceptors (Lipinski definition) is 4. The molecule has 0 atom stereocenters. The van der Waals surface area contributed by atoms with Gasteiger partial charge < -0.3 is 15.8 Å². The molecule has 0 spiro atoms. The largest absolute Gasteiger partial charge is 0.444 e. The molecule has 6 heteroatoms. The van der Waals surface area contributed by atoms with Crippen molar-refractivity contribution in [1.82, 2.24) is 5.32 Å². The SMILES string of the molecule is CC(C)(C)OC(=O)NCc1ccc(C(=N)N)s1. The molecular weight excluding hydrogens is 238 g/mol. The fourth-order valence-corrected chi connectivity index (χ4v) is 1.90. The molecule has 1 amide bonds. The molecule has 1 aromatic heterocycles. The first-order chi connectivity index (χ1) is 7.78. The summed E-state index contributed by atoms with van der Waals surface area (Å²) in [6, 6.07) is 3.60. The van der Waals surface area contributed by atoms with E-state index in [4.69, 9.17) is 15.9 Å². The molecule has 4 N–H and O–H groups in total. The lowest BCUT2D eigenvalue weighted by Crippen LogP contribution is -2.31. The van der Waals surface area contributed by atoms with Gasteiger partial charge >= 0.3 is 6.09 Å². The number of thiophene rings is 1. The zero-order valence-electron chi connectivity index (χ0n) is 10.2. The van der Waals surface area contributed by atoms with Crippen molar-refractivity contribution in [2.24, 2.45) is 5.73 Å². The summed E-state index contributed by atoms with van der Waals surface area (Å²) in [5.74, 6) is 0.0403. The molecule has 0 saturated heterocycles. The highest BCUT2D eigenvalue weighted by atomic mass is 32.1. The van der Waals surface area contributed by atoms with Crippen LogP contribution >= 0.6 is 11.3 Å². The first kappa shape index (κ1) is 13.5. The first-order valence-corrected chi connectivity index (χ1v) is 5.99. The topological polar surface area (TPSA) is 88.2 Å². The van der Waals surface area contributed by atoms with Crippen LogP contribution in [-0.2, 0) is 11.3 Å². The highest BCUT2D eigenvalue weighted by Crippen LogP contribution is 2.15. The van der Waals surface area contributed by atoms with Crippen LogP contribution in [0.15, 0.2) is 12.1 Å². The smallest absolute Gasteiger partial charge is 0.407 e. The zero-order valence-corrected chi connectivity index (χ0v) is 11.0. The van der Waals surface area contributed by atoms with Gasteiger partial charge in [0.25, 0.3) is 0 Å². The van der Waals surface area contributed by atoms with Crippen molar-refractivity contribution in [3.63, 3.8) is 0 Å². The van der Waals surface area contributed by atoms with Crippen LogP contribution in [0.25, 0.3) is 0 Å². The summed E-state index contributed by atoms with van der Waals surface area (Å²) in [5.41, 5.74) is 4.85. The summed E-state index contributed by atoms with van der Waals surface area (Å²) in [5, 5.41) is 9.91. The minimum atomic E-state index is -0.496. The van der Waals surface area contributed by atoms with E-state index in [0.717, 1.165) is 4.88 Å². The summed E-state index contributed by atoms with van der Waals surface area (Å²) < 4.78 is 5.10. The van der Waals surface area contributed by atoms with Gasteiger partial charge in [0.15, 0.2) is 0 Å². The molecular formula is C11H17N3O2S. The maximum absolute atomic E-state index is 11.4. The van der Waals surface area contributed by atoms with Crippen LogP contribution in [0.2, 0.25) is 0 Å². The van der Waals surface area contributed by atoms with E-state index in [1.807, 2.05) is 26.8 Å². The van der Waals surface area contributed by atoms with E-state index >= 15 is 0 Å². The molecule has 0 unspecified atom stereocenters. The molecule has 1 aromatic rings. The average molecular weight is 255 g/mol. The number of nitrogen functional groups attached to an aromatic ring is 1. The maximum atomic E-state index is 11.4. The normalized spacial score (nSPS) is 11.0. The second-order valence-corrected chi connectivity index (χ2v) is 5.70. The molecule has 5 nitrogen and oxygen atoms in total. The van der Waals surface area contributed by atoms with E-state index < -0.39 is 11.7 Å².